The summed E-state index contributed by atoms with van der Waals surface area (Å²) in [5.41, 5.74) is 1.23. The van der Waals surface area contributed by atoms with Crippen LogP contribution >= 0.6 is 11.6 Å². The third-order valence-corrected chi connectivity index (χ3v) is 2.92. The quantitative estimate of drug-likeness (QED) is 0.844. The normalized spacial score (nSPS) is 21.1. The van der Waals surface area contributed by atoms with Gasteiger partial charge in [0.25, 0.3) is 5.91 Å². The van der Waals surface area contributed by atoms with E-state index in [-0.39, 0.29) is 0 Å². The number of alkyl carbamates (subject to hydrolysis) is 1. The van der Waals surface area contributed by atoms with Gasteiger partial charge in [-0.25, -0.2) is 4.79 Å². The highest BCUT2D eigenvalue weighted by Gasteiger charge is 2.36. The number of ether oxygens (including phenoxy) is 2. The Morgan fingerprint density at radius 3 is 2.89 bits per heavy atom. The van der Waals surface area contributed by atoms with Crippen LogP contribution in [-0.2, 0) is 9.53 Å². The maximum absolute atomic E-state index is 11.6. The first kappa shape index (κ1) is 11.1. The maximum atomic E-state index is 11.6. The molecule has 1 aromatic rings. The van der Waals surface area contributed by atoms with Crippen LogP contribution in [-0.4, -0.2) is 18.6 Å². The number of cyclic esters (lactones) is 1. The molecular formula is C12H8ClNO4. The molecule has 1 aromatic carbocycles. The van der Waals surface area contributed by atoms with Gasteiger partial charge in [-0.15, -0.1) is 0 Å². The van der Waals surface area contributed by atoms with E-state index in [1.54, 1.807) is 12.1 Å². The first-order valence-corrected chi connectivity index (χ1v) is 5.67. The van der Waals surface area contributed by atoms with Crippen LogP contribution in [0.15, 0.2) is 18.2 Å². The van der Waals surface area contributed by atoms with Crippen molar-refractivity contribution in [2.75, 3.05) is 6.61 Å². The Morgan fingerprint density at radius 1 is 1.33 bits per heavy atom. The largest absolute Gasteiger partial charge is 0.488 e. The Morgan fingerprint density at radius 2 is 2.17 bits per heavy atom. The average Bonchev–Trinajstić information content (AvgIpc) is 2.67. The molecule has 0 bridgehead atoms. The van der Waals surface area contributed by atoms with Crippen LogP contribution in [0.1, 0.15) is 17.2 Å². The van der Waals surface area contributed by atoms with Gasteiger partial charge in [0.15, 0.2) is 0 Å². The van der Waals surface area contributed by atoms with Crippen molar-refractivity contribution in [3.8, 4) is 5.75 Å². The highest BCUT2D eigenvalue weighted by atomic mass is 35.5. The van der Waals surface area contributed by atoms with Gasteiger partial charge in [-0.1, -0.05) is 17.7 Å². The van der Waals surface area contributed by atoms with Crippen molar-refractivity contribution < 1.29 is 19.1 Å². The molecule has 0 radical (unpaired) electrons. The third-order valence-electron chi connectivity index (χ3n) is 2.70. The molecule has 18 heavy (non-hydrogen) atoms. The highest BCUT2D eigenvalue weighted by molar-refractivity contribution is 6.31. The van der Waals surface area contributed by atoms with Gasteiger partial charge in [0.2, 0.25) is 6.10 Å². The van der Waals surface area contributed by atoms with Crippen LogP contribution in [0.4, 0.5) is 4.79 Å². The maximum Gasteiger partial charge on any atom is 0.415 e. The smallest absolute Gasteiger partial charge is 0.415 e. The van der Waals surface area contributed by atoms with Gasteiger partial charge in [-0.05, 0) is 18.2 Å². The molecule has 5 nitrogen and oxygen atoms in total. The Hall–Kier alpha value is -2.01. The fourth-order valence-corrected chi connectivity index (χ4v) is 2.22. The van der Waals surface area contributed by atoms with Crippen molar-refractivity contribution in [1.29, 1.82) is 0 Å². The summed E-state index contributed by atoms with van der Waals surface area (Å²) in [5.74, 6) is 0.0133. The number of nitrogens with one attached hydrogen (secondary N) is 1. The molecule has 1 atom stereocenters. The van der Waals surface area contributed by atoms with Crippen molar-refractivity contribution in [3.05, 3.63) is 34.4 Å². The van der Waals surface area contributed by atoms with Crippen LogP contribution in [0.3, 0.4) is 0 Å². The number of carbonyl (C=O) groups is 2. The molecule has 2 amide bonds. The molecule has 0 aromatic heterocycles. The number of carbonyl (C=O) groups excluding carboxylic acids is 2. The number of imide groups is 1. The van der Waals surface area contributed by atoms with E-state index in [0.717, 1.165) is 5.56 Å². The number of fused-ring (bicyclic) bond motifs is 1. The van der Waals surface area contributed by atoms with E-state index in [2.05, 4.69) is 5.32 Å². The molecule has 1 N–H and O–H groups in total. The Balaban J connectivity index is 2.12. The highest BCUT2D eigenvalue weighted by Crippen LogP contribution is 2.37. The van der Waals surface area contributed by atoms with E-state index in [0.29, 0.717) is 22.9 Å². The molecule has 92 valence electrons. The predicted octanol–water partition coefficient (Wildman–Crippen LogP) is 2.05. The molecule has 0 aliphatic carbocycles. The van der Waals surface area contributed by atoms with Crippen molar-refractivity contribution in [3.63, 3.8) is 0 Å². The number of halogens is 1. The summed E-state index contributed by atoms with van der Waals surface area (Å²) >= 11 is 5.98. The molecule has 1 unspecified atom stereocenters. The lowest BCUT2D eigenvalue weighted by molar-refractivity contribution is -0.123. The molecule has 6 heteroatoms. The van der Waals surface area contributed by atoms with Crippen molar-refractivity contribution >= 4 is 29.7 Å². The fraction of sp³-hybridized carbons (Fsp3) is 0.167. The summed E-state index contributed by atoms with van der Waals surface area (Å²) in [6, 6.07) is 3.30. The molecule has 0 spiro atoms. The van der Waals surface area contributed by atoms with Crippen LogP contribution in [0.2, 0.25) is 5.02 Å². The SMILES string of the molecule is O=C1NC(=O)C(c2cc(Cl)cc3c2OCC=C3)O1. The number of amides is 2. The van der Waals surface area contributed by atoms with Gasteiger partial charge in [-0.2, -0.15) is 0 Å². The van der Waals surface area contributed by atoms with Crippen molar-refractivity contribution in [2.24, 2.45) is 0 Å². The minimum Gasteiger partial charge on any atom is -0.488 e. The first-order valence-electron chi connectivity index (χ1n) is 5.29. The zero-order valence-electron chi connectivity index (χ0n) is 9.10. The van der Waals surface area contributed by atoms with Gasteiger partial charge in [0.1, 0.15) is 12.4 Å². The minimum atomic E-state index is -1.00. The monoisotopic (exact) mass is 265 g/mol. The number of hydrogen-bond donors (Lipinski definition) is 1. The van der Waals surface area contributed by atoms with Crippen LogP contribution in [0.5, 0.6) is 5.75 Å². The van der Waals surface area contributed by atoms with Crippen molar-refractivity contribution in [1.82, 2.24) is 5.32 Å². The minimum absolute atomic E-state index is 0.407. The second-order valence-corrected chi connectivity index (χ2v) is 4.34. The Labute approximate surface area is 107 Å². The lowest BCUT2D eigenvalue weighted by atomic mass is 10.0. The van der Waals surface area contributed by atoms with Crippen molar-refractivity contribution in [2.45, 2.75) is 6.10 Å². The first-order chi connectivity index (χ1) is 8.65. The zero-order valence-corrected chi connectivity index (χ0v) is 9.86. The number of rotatable bonds is 1. The number of benzene rings is 1. The van der Waals surface area contributed by atoms with Gasteiger partial charge in [0, 0.05) is 16.1 Å². The molecule has 2 aliphatic heterocycles. The van der Waals surface area contributed by atoms with Crippen LogP contribution in [0, 0.1) is 0 Å². The standard InChI is InChI=1S/C12H8ClNO4/c13-7-4-6-2-1-3-17-9(6)8(5-7)10-11(15)14-12(16)18-10/h1-2,4-5,10H,3H2,(H,14,15,16). The summed E-state index contributed by atoms with van der Waals surface area (Å²) in [6.07, 6.45) is 1.92. The van der Waals surface area contributed by atoms with Gasteiger partial charge in [0.05, 0.1) is 0 Å². The summed E-state index contributed by atoms with van der Waals surface area (Å²) in [5, 5.41) is 2.53. The zero-order chi connectivity index (χ0) is 12.7. The molecule has 1 fully saturated rings. The third kappa shape index (κ3) is 1.73. The van der Waals surface area contributed by atoms with E-state index < -0.39 is 18.1 Å². The van der Waals surface area contributed by atoms with Crippen LogP contribution in [0.25, 0.3) is 6.08 Å². The summed E-state index contributed by atoms with van der Waals surface area (Å²) in [4.78, 5) is 22.7. The summed E-state index contributed by atoms with van der Waals surface area (Å²) in [6.45, 7) is 0.407. The van der Waals surface area contributed by atoms with Gasteiger partial charge < -0.3 is 9.47 Å². The predicted molar refractivity (Wildman–Crippen MR) is 63.3 cm³/mol. The summed E-state index contributed by atoms with van der Waals surface area (Å²) < 4.78 is 10.4. The molecule has 2 aliphatic rings. The van der Waals surface area contributed by atoms with E-state index in [1.165, 1.54) is 0 Å². The van der Waals surface area contributed by atoms with Gasteiger partial charge >= 0.3 is 6.09 Å². The van der Waals surface area contributed by atoms with E-state index in [4.69, 9.17) is 21.1 Å². The lowest BCUT2D eigenvalue weighted by Gasteiger charge is -2.18. The fourth-order valence-electron chi connectivity index (χ4n) is 1.99. The molecule has 3 rings (SSSR count). The topological polar surface area (TPSA) is 64.6 Å². The number of hydrogen-bond acceptors (Lipinski definition) is 4. The molecule has 1 saturated heterocycles. The molecule has 2 heterocycles. The van der Waals surface area contributed by atoms with Gasteiger partial charge in [-0.3, -0.25) is 10.1 Å². The summed E-state index contributed by atoms with van der Waals surface area (Å²) in [7, 11) is 0. The van der Waals surface area contributed by atoms with Crippen LogP contribution < -0.4 is 10.1 Å². The second-order valence-electron chi connectivity index (χ2n) is 3.90. The second kappa shape index (κ2) is 4.03. The van der Waals surface area contributed by atoms with E-state index in [1.807, 2.05) is 12.2 Å². The Kier molecular flexibility index (Phi) is 2.48. The van der Waals surface area contributed by atoms with E-state index in [9.17, 15) is 9.59 Å². The van der Waals surface area contributed by atoms with E-state index >= 15 is 0 Å². The molecule has 0 saturated carbocycles. The Bertz CT molecular complexity index is 582. The lowest BCUT2D eigenvalue weighted by Crippen LogP contribution is -2.21. The average molecular weight is 266 g/mol. The molecular weight excluding hydrogens is 258 g/mol.